The maximum absolute atomic E-state index is 12.2. The third kappa shape index (κ3) is 5.64. The fourth-order valence-corrected chi connectivity index (χ4v) is 3.23. The molecule has 9 heteroatoms. The van der Waals surface area contributed by atoms with E-state index in [0.29, 0.717) is 12.3 Å². The molecule has 0 fully saturated rings. The first-order valence-electron chi connectivity index (χ1n) is 9.02. The van der Waals surface area contributed by atoms with Gasteiger partial charge in [-0.1, -0.05) is 49.0 Å². The van der Waals surface area contributed by atoms with Gasteiger partial charge in [-0.25, -0.2) is 0 Å². The number of nitro groups is 1. The van der Waals surface area contributed by atoms with Crippen LogP contribution in [0, 0.1) is 17.0 Å². The normalized spacial score (nSPS) is 10.7. The predicted octanol–water partition coefficient (Wildman–Crippen LogP) is 4.17. The molecular weight excluding hydrogens is 392 g/mol. The van der Waals surface area contributed by atoms with Crippen LogP contribution in [0.2, 0.25) is 0 Å². The fraction of sp³-hybridized carbons (Fsp3) is 0.250. The van der Waals surface area contributed by atoms with E-state index in [1.54, 1.807) is 13.0 Å². The van der Waals surface area contributed by atoms with Gasteiger partial charge >= 0.3 is 0 Å². The molecule has 2 aromatic carbocycles. The number of aromatic nitrogens is 2. The van der Waals surface area contributed by atoms with Crippen LogP contribution in [-0.4, -0.2) is 26.8 Å². The van der Waals surface area contributed by atoms with Crippen LogP contribution in [0.5, 0.6) is 0 Å². The molecule has 29 heavy (non-hydrogen) atoms. The van der Waals surface area contributed by atoms with Crippen LogP contribution < -0.4 is 5.32 Å². The predicted molar refractivity (Wildman–Crippen MR) is 110 cm³/mol. The van der Waals surface area contributed by atoms with Crippen molar-refractivity contribution < 1.29 is 14.1 Å². The van der Waals surface area contributed by atoms with E-state index in [4.69, 9.17) is 4.42 Å². The Kier molecular flexibility index (Phi) is 6.61. The van der Waals surface area contributed by atoms with Gasteiger partial charge in [0.2, 0.25) is 11.8 Å². The van der Waals surface area contributed by atoms with E-state index < -0.39 is 10.8 Å². The Morgan fingerprint density at radius 1 is 1.17 bits per heavy atom. The second kappa shape index (κ2) is 9.33. The third-order valence-corrected chi connectivity index (χ3v) is 5.00. The van der Waals surface area contributed by atoms with Crippen molar-refractivity contribution in [3.05, 3.63) is 75.2 Å². The Morgan fingerprint density at radius 2 is 1.90 bits per heavy atom. The molecule has 150 valence electrons. The van der Waals surface area contributed by atoms with E-state index in [9.17, 15) is 14.9 Å². The van der Waals surface area contributed by atoms with Crippen molar-refractivity contribution in [1.29, 1.82) is 0 Å². The molecule has 1 aromatic heterocycles. The molecule has 1 amide bonds. The Labute approximate surface area is 171 Å². The van der Waals surface area contributed by atoms with E-state index in [2.05, 4.69) is 34.6 Å². The number of benzene rings is 2. The summed E-state index contributed by atoms with van der Waals surface area (Å²) in [6, 6.07) is 12.8. The molecule has 0 aliphatic carbocycles. The van der Waals surface area contributed by atoms with Crippen LogP contribution >= 0.6 is 11.8 Å². The van der Waals surface area contributed by atoms with E-state index in [-0.39, 0.29) is 22.4 Å². The molecule has 0 bridgehead atoms. The topological polar surface area (TPSA) is 111 Å². The van der Waals surface area contributed by atoms with Gasteiger partial charge in [0.05, 0.1) is 17.1 Å². The van der Waals surface area contributed by atoms with Gasteiger partial charge in [0.1, 0.15) is 5.69 Å². The zero-order valence-corrected chi connectivity index (χ0v) is 16.9. The van der Waals surface area contributed by atoms with Crippen molar-refractivity contribution in [3.63, 3.8) is 0 Å². The highest BCUT2D eigenvalue weighted by atomic mass is 32.2. The number of nitrogens with one attached hydrogen (secondary N) is 1. The van der Waals surface area contributed by atoms with Crippen LogP contribution in [0.3, 0.4) is 0 Å². The summed E-state index contributed by atoms with van der Waals surface area (Å²) < 4.78 is 5.57. The average molecular weight is 412 g/mol. The zero-order valence-electron chi connectivity index (χ0n) is 16.0. The second-order valence-electron chi connectivity index (χ2n) is 6.42. The number of carbonyl (C=O) groups is 1. The van der Waals surface area contributed by atoms with Crippen molar-refractivity contribution in [3.8, 4) is 0 Å². The van der Waals surface area contributed by atoms with Crippen LogP contribution in [0.1, 0.15) is 29.5 Å². The van der Waals surface area contributed by atoms with Gasteiger partial charge in [0.15, 0.2) is 0 Å². The molecule has 1 N–H and O–H groups in total. The first-order chi connectivity index (χ1) is 13.9. The van der Waals surface area contributed by atoms with Crippen molar-refractivity contribution in [1.82, 2.24) is 10.2 Å². The van der Waals surface area contributed by atoms with Gasteiger partial charge in [0, 0.05) is 6.07 Å². The number of nitrogens with zero attached hydrogens (tertiary/aromatic N) is 3. The second-order valence-corrected chi connectivity index (χ2v) is 7.35. The summed E-state index contributed by atoms with van der Waals surface area (Å²) in [5.74, 6) is 0.0703. The van der Waals surface area contributed by atoms with Crippen molar-refractivity contribution in [2.45, 2.75) is 31.9 Å². The standard InChI is InChI=1S/C20H20N4O4S/c1-3-14-5-7-15(8-6-14)11-19-22-23-20(28-19)29-12-18(25)21-16-9-4-13(2)10-17(16)24(26)27/h4-10H,3,11-12H2,1-2H3,(H,21,25). The van der Waals surface area contributed by atoms with E-state index >= 15 is 0 Å². The van der Waals surface area contributed by atoms with Crippen molar-refractivity contribution in [2.75, 3.05) is 11.1 Å². The number of aryl methyl sites for hydroxylation is 2. The van der Waals surface area contributed by atoms with E-state index in [1.165, 1.54) is 17.7 Å². The van der Waals surface area contributed by atoms with Gasteiger partial charge in [-0.05, 0) is 36.1 Å². The molecule has 0 unspecified atom stereocenters. The lowest BCUT2D eigenvalue weighted by Gasteiger charge is -2.05. The molecule has 0 aliphatic heterocycles. The number of amides is 1. The van der Waals surface area contributed by atoms with Gasteiger partial charge in [-0.2, -0.15) is 0 Å². The Hall–Kier alpha value is -3.20. The maximum atomic E-state index is 12.2. The number of hydrogen-bond acceptors (Lipinski definition) is 7. The lowest BCUT2D eigenvalue weighted by Crippen LogP contribution is -2.15. The minimum absolute atomic E-state index is 0.00212. The Balaban J connectivity index is 1.55. The first kappa shape index (κ1) is 20.5. The zero-order chi connectivity index (χ0) is 20.8. The summed E-state index contributed by atoms with van der Waals surface area (Å²) in [7, 11) is 0. The SMILES string of the molecule is CCc1ccc(Cc2nnc(SCC(=O)Nc3ccc(C)cc3[N+](=O)[O-])o2)cc1. The quantitative estimate of drug-likeness (QED) is 0.336. The molecule has 0 saturated carbocycles. The number of anilines is 1. The van der Waals surface area contributed by atoms with Crippen molar-refractivity contribution >= 4 is 29.0 Å². The number of carbonyl (C=O) groups excluding carboxylic acids is 1. The molecule has 8 nitrogen and oxygen atoms in total. The summed E-state index contributed by atoms with van der Waals surface area (Å²) in [4.78, 5) is 22.8. The molecule has 0 aliphatic rings. The third-order valence-electron chi connectivity index (χ3n) is 4.19. The monoisotopic (exact) mass is 412 g/mol. The van der Waals surface area contributed by atoms with Gasteiger partial charge < -0.3 is 9.73 Å². The average Bonchev–Trinajstić information content (AvgIpc) is 3.15. The van der Waals surface area contributed by atoms with Gasteiger partial charge in [-0.3, -0.25) is 14.9 Å². The smallest absolute Gasteiger partial charge is 0.293 e. The van der Waals surface area contributed by atoms with Crippen LogP contribution in [0.15, 0.2) is 52.1 Å². The largest absolute Gasteiger partial charge is 0.416 e. The van der Waals surface area contributed by atoms with Crippen LogP contribution in [0.25, 0.3) is 0 Å². The highest BCUT2D eigenvalue weighted by Gasteiger charge is 2.17. The summed E-state index contributed by atoms with van der Waals surface area (Å²) in [5.41, 5.74) is 3.08. The Bertz CT molecular complexity index is 1020. The summed E-state index contributed by atoms with van der Waals surface area (Å²) in [6.45, 7) is 3.85. The number of rotatable bonds is 8. The summed E-state index contributed by atoms with van der Waals surface area (Å²) >= 11 is 1.08. The van der Waals surface area contributed by atoms with E-state index in [1.807, 2.05) is 12.1 Å². The Morgan fingerprint density at radius 3 is 2.59 bits per heavy atom. The highest BCUT2D eigenvalue weighted by Crippen LogP contribution is 2.26. The molecule has 1 heterocycles. The van der Waals surface area contributed by atoms with E-state index in [0.717, 1.165) is 29.3 Å². The molecule has 3 aromatic rings. The van der Waals surface area contributed by atoms with Gasteiger partial charge in [0.25, 0.3) is 10.9 Å². The molecule has 0 radical (unpaired) electrons. The number of hydrogen-bond donors (Lipinski definition) is 1. The minimum Gasteiger partial charge on any atom is -0.416 e. The molecule has 0 spiro atoms. The summed E-state index contributed by atoms with van der Waals surface area (Å²) in [6.07, 6.45) is 1.49. The number of nitro benzene ring substituents is 1. The first-order valence-corrected chi connectivity index (χ1v) is 10.0. The molecule has 3 rings (SSSR count). The minimum atomic E-state index is -0.521. The van der Waals surface area contributed by atoms with Gasteiger partial charge in [-0.15, -0.1) is 10.2 Å². The lowest BCUT2D eigenvalue weighted by atomic mass is 10.1. The lowest BCUT2D eigenvalue weighted by molar-refractivity contribution is -0.384. The van der Waals surface area contributed by atoms with Crippen LogP contribution in [0.4, 0.5) is 11.4 Å². The fourth-order valence-electron chi connectivity index (χ4n) is 2.65. The summed E-state index contributed by atoms with van der Waals surface area (Å²) in [5, 5.41) is 21.9. The molecule has 0 atom stereocenters. The van der Waals surface area contributed by atoms with Crippen LogP contribution in [-0.2, 0) is 17.6 Å². The highest BCUT2D eigenvalue weighted by molar-refractivity contribution is 7.99. The number of thioether (sulfide) groups is 1. The molecular formula is C20H20N4O4S. The molecule has 0 saturated heterocycles. The van der Waals surface area contributed by atoms with Crippen molar-refractivity contribution in [2.24, 2.45) is 0 Å². The maximum Gasteiger partial charge on any atom is 0.293 e.